The average Bonchev–Trinajstić information content (AvgIpc) is 2.64. The third-order valence-electron chi connectivity index (χ3n) is 3.88. The summed E-state index contributed by atoms with van der Waals surface area (Å²) in [5.41, 5.74) is 0.818. The van der Waals surface area contributed by atoms with Gasteiger partial charge in [-0.25, -0.2) is 9.97 Å². The van der Waals surface area contributed by atoms with Crippen LogP contribution in [0.15, 0.2) is 24.3 Å². The highest BCUT2D eigenvalue weighted by molar-refractivity contribution is 6.28. The molecule has 106 valence electrons. The van der Waals surface area contributed by atoms with Gasteiger partial charge in [0.2, 0.25) is 5.28 Å². The molecule has 1 aromatic heterocycles. The molecule has 1 aliphatic rings. The van der Waals surface area contributed by atoms with Crippen LogP contribution in [0.4, 0.5) is 5.82 Å². The van der Waals surface area contributed by atoms with Gasteiger partial charge >= 0.3 is 0 Å². The first-order valence-electron chi connectivity index (χ1n) is 7.11. The molecule has 0 amide bonds. The van der Waals surface area contributed by atoms with Crippen LogP contribution in [-0.4, -0.2) is 27.2 Å². The highest BCUT2D eigenvalue weighted by Crippen LogP contribution is 2.26. The summed E-state index contributed by atoms with van der Waals surface area (Å²) in [6.45, 7) is 0. The first-order chi connectivity index (χ1) is 9.74. The number of nitrogens with one attached hydrogen (secondary N) is 1. The summed E-state index contributed by atoms with van der Waals surface area (Å²) in [7, 11) is 0. The van der Waals surface area contributed by atoms with Gasteiger partial charge in [-0.15, -0.1) is 0 Å². The Bertz CT molecular complexity index is 605. The molecule has 5 heteroatoms. The number of hydrogen-bond acceptors (Lipinski definition) is 4. The summed E-state index contributed by atoms with van der Waals surface area (Å²) < 4.78 is 0. The second kappa shape index (κ2) is 5.94. The second-order valence-corrected chi connectivity index (χ2v) is 5.65. The normalized spacial score (nSPS) is 23.5. The van der Waals surface area contributed by atoms with Crippen molar-refractivity contribution >= 4 is 28.3 Å². The van der Waals surface area contributed by atoms with Gasteiger partial charge < -0.3 is 10.4 Å². The minimum Gasteiger partial charge on any atom is -0.391 e. The van der Waals surface area contributed by atoms with Crippen molar-refractivity contribution in [2.24, 2.45) is 0 Å². The van der Waals surface area contributed by atoms with Gasteiger partial charge in [-0.05, 0) is 36.6 Å². The number of aliphatic hydroxyl groups excluding tert-OH is 1. The van der Waals surface area contributed by atoms with Gasteiger partial charge in [0.15, 0.2) is 0 Å². The number of halogens is 1. The third kappa shape index (κ3) is 2.86. The van der Waals surface area contributed by atoms with Crippen molar-refractivity contribution in [3.8, 4) is 0 Å². The highest BCUT2D eigenvalue weighted by Gasteiger charge is 2.22. The number of anilines is 1. The Morgan fingerprint density at radius 3 is 2.80 bits per heavy atom. The van der Waals surface area contributed by atoms with E-state index in [1.54, 1.807) is 0 Å². The fourth-order valence-corrected chi connectivity index (χ4v) is 2.97. The molecule has 3 rings (SSSR count). The Morgan fingerprint density at radius 1 is 1.10 bits per heavy atom. The van der Waals surface area contributed by atoms with Crippen LogP contribution < -0.4 is 5.32 Å². The van der Waals surface area contributed by atoms with Gasteiger partial charge in [-0.2, -0.15) is 0 Å². The number of fused-ring (bicyclic) bond motifs is 1. The van der Waals surface area contributed by atoms with Crippen LogP contribution >= 0.6 is 11.6 Å². The SMILES string of the molecule is OC1CCCCCC1Nc1nc(Cl)nc2ccccc12. The van der Waals surface area contributed by atoms with Crippen molar-refractivity contribution in [1.82, 2.24) is 9.97 Å². The minimum absolute atomic E-state index is 0.0341. The lowest BCUT2D eigenvalue weighted by Gasteiger charge is -2.23. The maximum atomic E-state index is 10.2. The van der Waals surface area contributed by atoms with Crippen molar-refractivity contribution in [2.45, 2.75) is 44.2 Å². The predicted octanol–water partition coefficient (Wildman–Crippen LogP) is 3.39. The van der Waals surface area contributed by atoms with E-state index in [0.29, 0.717) is 5.82 Å². The lowest BCUT2D eigenvalue weighted by molar-refractivity contribution is 0.144. The number of nitrogens with zero attached hydrogens (tertiary/aromatic N) is 2. The lowest BCUT2D eigenvalue weighted by Crippen LogP contribution is -2.32. The summed E-state index contributed by atoms with van der Waals surface area (Å²) >= 11 is 5.99. The Labute approximate surface area is 123 Å². The standard InChI is InChI=1S/C15H18ClN3O/c16-15-18-11-7-5-4-6-10(11)14(19-15)17-12-8-2-1-3-9-13(12)20/h4-7,12-13,20H,1-3,8-9H2,(H,17,18,19). The second-order valence-electron chi connectivity index (χ2n) is 5.31. The maximum absolute atomic E-state index is 10.2. The first-order valence-corrected chi connectivity index (χ1v) is 7.49. The molecule has 20 heavy (non-hydrogen) atoms. The Hall–Kier alpha value is -1.39. The number of aromatic nitrogens is 2. The van der Waals surface area contributed by atoms with E-state index in [1.807, 2.05) is 24.3 Å². The van der Waals surface area contributed by atoms with E-state index in [9.17, 15) is 5.11 Å². The van der Waals surface area contributed by atoms with Crippen LogP contribution in [0.5, 0.6) is 0 Å². The molecular formula is C15H18ClN3O. The molecule has 2 N–H and O–H groups in total. The molecule has 0 bridgehead atoms. The van der Waals surface area contributed by atoms with E-state index in [1.165, 1.54) is 6.42 Å². The molecule has 2 aromatic rings. The molecule has 1 aromatic carbocycles. The first kappa shape index (κ1) is 13.6. The van der Waals surface area contributed by atoms with E-state index >= 15 is 0 Å². The third-order valence-corrected chi connectivity index (χ3v) is 4.05. The molecule has 0 radical (unpaired) electrons. The summed E-state index contributed by atoms with van der Waals surface area (Å²) in [4.78, 5) is 8.51. The highest BCUT2D eigenvalue weighted by atomic mass is 35.5. The smallest absolute Gasteiger partial charge is 0.224 e. The van der Waals surface area contributed by atoms with Gasteiger partial charge in [0, 0.05) is 5.39 Å². The zero-order valence-electron chi connectivity index (χ0n) is 11.2. The van der Waals surface area contributed by atoms with Crippen molar-refractivity contribution < 1.29 is 5.11 Å². The Morgan fingerprint density at radius 2 is 1.90 bits per heavy atom. The topological polar surface area (TPSA) is 58.0 Å². The van der Waals surface area contributed by atoms with Crippen LogP contribution in [0.1, 0.15) is 32.1 Å². The number of rotatable bonds is 2. The number of hydrogen-bond donors (Lipinski definition) is 2. The minimum atomic E-state index is -0.329. The molecule has 1 aliphatic carbocycles. The fraction of sp³-hybridized carbons (Fsp3) is 0.467. The summed E-state index contributed by atoms with van der Waals surface area (Å²) in [6.07, 6.45) is 4.87. The van der Waals surface area contributed by atoms with Crippen molar-refractivity contribution in [3.05, 3.63) is 29.5 Å². The molecule has 1 saturated carbocycles. The van der Waals surface area contributed by atoms with Crippen molar-refractivity contribution in [3.63, 3.8) is 0 Å². The fourth-order valence-electron chi connectivity index (χ4n) is 2.79. The molecule has 0 spiro atoms. The van der Waals surface area contributed by atoms with Crippen LogP contribution in [-0.2, 0) is 0 Å². The maximum Gasteiger partial charge on any atom is 0.224 e. The Balaban J connectivity index is 1.93. The summed E-state index contributed by atoms with van der Waals surface area (Å²) in [6, 6.07) is 7.80. The van der Waals surface area contributed by atoms with Crippen molar-refractivity contribution in [1.29, 1.82) is 0 Å². The summed E-state index contributed by atoms with van der Waals surface area (Å²) in [5.74, 6) is 0.714. The molecule has 0 aliphatic heterocycles. The average molecular weight is 292 g/mol. The quantitative estimate of drug-likeness (QED) is 0.658. The number of aliphatic hydroxyl groups is 1. The van der Waals surface area contributed by atoms with Gasteiger partial charge in [-0.1, -0.05) is 31.4 Å². The van der Waals surface area contributed by atoms with Crippen LogP contribution in [0.2, 0.25) is 5.28 Å². The molecule has 2 atom stereocenters. The Kier molecular flexibility index (Phi) is 4.03. The number of para-hydroxylation sites is 1. The van der Waals surface area contributed by atoms with E-state index in [2.05, 4.69) is 15.3 Å². The van der Waals surface area contributed by atoms with Crippen LogP contribution in [0.3, 0.4) is 0 Å². The van der Waals surface area contributed by atoms with Crippen LogP contribution in [0, 0.1) is 0 Å². The molecule has 1 fully saturated rings. The van der Waals surface area contributed by atoms with Gasteiger partial charge in [0.25, 0.3) is 0 Å². The van der Waals surface area contributed by atoms with Crippen LogP contribution in [0.25, 0.3) is 10.9 Å². The predicted molar refractivity (Wildman–Crippen MR) is 81.1 cm³/mol. The molecule has 1 heterocycles. The molecular weight excluding hydrogens is 274 g/mol. The zero-order valence-corrected chi connectivity index (χ0v) is 12.0. The lowest BCUT2D eigenvalue weighted by atomic mass is 10.1. The monoisotopic (exact) mass is 291 g/mol. The largest absolute Gasteiger partial charge is 0.391 e. The van der Waals surface area contributed by atoms with E-state index in [4.69, 9.17) is 11.6 Å². The molecule has 0 saturated heterocycles. The van der Waals surface area contributed by atoms with Crippen molar-refractivity contribution in [2.75, 3.05) is 5.32 Å². The van der Waals surface area contributed by atoms with E-state index < -0.39 is 0 Å². The van der Waals surface area contributed by atoms with E-state index in [-0.39, 0.29) is 17.4 Å². The van der Waals surface area contributed by atoms with Gasteiger partial charge in [-0.3, -0.25) is 0 Å². The zero-order chi connectivity index (χ0) is 13.9. The molecule has 4 nitrogen and oxygen atoms in total. The molecule has 2 unspecified atom stereocenters. The van der Waals surface area contributed by atoms with E-state index in [0.717, 1.165) is 36.6 Å². The summed E-state index contributed by atoms with van der Waals surface area (Å²) in [5, 5.41) is 14.8. The van der Waals surface area contributed by atoms with Gasteiger partial charge in [0.05, 0.1) is 17.7 Å². The number of benzene rings is 1. The van der Waals surface area contributed by atoms with Gasteiger partial charge in [0.1, 0.15) is 5.82 Å².